The quantitative estimate of drug-likeness (QED) is 0.903. The highest BCUT2D eigenvalue weighted by Gasteiger charge is 2.34. The Morgan fingerprint density at radius 3 is 2.71 bits per heavy atom. The van der Waals surface area contributed by atoms with Gasteiger partial charge in [0.15, 0.2) is 0 Å². The molecule has 2 nitrogen and oxygen atoms in total. The molecule has 1 aromatic heterocycles. The molecule has 1 atom stereocenters. The largest absolute Gasteiger partial charge is 0.316 e. The first kappa shape index (κ1) is 14.2. The highest BCUT2D eigenvalue weighted by Crippen LogP contribution is 2.39. The third-order valence-electron chi connectivity index (χ3n) is 4.44. The highest BCUT2D eigenvalue weighted by atomic mass is 19.1. The Hall–Kier alpha value is -1.74. The fourth-order valence-electron chi connectivity index (χ4n) is 2.81. The maximum atomic E-state index is 13.6. The van der Waals surface area contributed by atoms with Crippen LogP contribution in [-0.4, -0.2) is 4.98 Å². The number of halogens is 1. The van der Waals surface area contributed by atoms with Crippen LogP contribution in [0.4, 0.5) is 4.39 Å². The van der Waals surface area contributed by atoms with Gasteiger partial charge >= 0.3 is 0 Å². The van der Waals surface area contributed by atoms with Crippen molar-refractivity contribution >= 4 is 0 Å². The first-order valence-electron chi connectivity index (χ1n) is 7.56. The second kappa shape index (κ2) is 5.57. The molecule has 0 bridgehead atoms. The second-order valence-electron chi connectivity index (χ2n) is 6.13. The number of aryl methyl sites for hydroxylation is 1. The van der Waals surface area contributed by atoms with Gasteiger partial charge in [-0.05, 0) is 55.0 Å². The van der Waals surface area contributed by atoms with Gasteiger partial charge in [0.05, 0.1) is 11.2 Å². The first-order valence-corrected chi connectivity index (χ1v) is 7.56. The van der Waals surface area contributed by atoms with E-state index in [-0.39, 0.29) is 5.82 Å². The Kier molecular flexibility index (Phi) is 3.77. The molecule has 2 aromatic rings. The maximum absolute atomic E-state index is 13.6. The summed E-state index contributed by atoms with van der Waals surface area (Å²) in [5.74, 6) is 0.613. The molecule has 2 N–H and O–H groups in total. The number of nitrogens with two attached hydrogens (primary N) is 1. The van der Waals surface area contributed by atoms with Gasteiger partial charge in [0, 0.05) is 6.20 Å². The summed E-state index contributed by atoms with van der Waals surface area (Å²) in [6, 6.07) is 11.0. The minimum Gasteiger partial charge on any atom is -0.316 e. The van der Waals surface area contributed by atoms with E-state index in [4.69, 9.17) is 5.73 Å². The van der Waals surface area contributed by atoms with Crippen molar-refractivity contribution < 1.29 is 4.39 Å². The summed E-state index contributed by atoms with van der Waals surface area (Å²) >= 11 is 0. The predicted octanol–water partition coefficient (Wildman–Crippen LogP) is 3.92. The summed E-state index contributed by atoms with van der Waals surface area (Å²) < 4.78 is 13.6. The van der Waals surface area contributed by atoms with E-state index in [1.807, 2.05) is 24.3 Å². The highest BCUT2D eigenvalue weighted by molar-refractivity contribution is 5.37. The van der Waals surface area contributed by atoms with Gasteiger partial charge in [-0.3, -0.25) is 4.98 Å². The van der Waals surface area contributed by atoms with Crippen LogP contribution in [0, 0.1) is 18.7 Å². The number of hydrogen-bond donors (Lipinski definition) is 1. The molecule has 110 valence electrons. The van der Waals surface area contributed by atoms with E-state index in [0.29, 0.717) is 5.56 Å². The molecular weight excluding hydrogens is 263 g/mol. The van der Waals surface area contributed by atoms with Crippen molar-refractivity contribution in [3.63, 3.8) is 0 Å². The molecule has 1 saturated carbocycles. The molecular formula is C18H21FN2. The molecule has 3 rings (SSSR count). The smallest absolute Gasteiger partial charge is 0.126 e. The van der Waals surface area contributed by atoms with Crippen LogP contribution >= 0.6 is 0 Å². The van der Waals surface area contributed by atoms with Crippen LogP contribution in [0.25, 0.3) is 0 Å². The molecule has 1 aliphatic rings. The molecule has 1 unspecified atom stereocenters. The van der Waals surface area contributed by atoms with Crippen molar-refractivity contribution in [2.75, 3.05) is 0 Å². The minimum absolute atomic E-state index is 0.190. The molecule has 0 aliphatic heterocycles. The number of aromatic nitrogens is 1. The van der Waals surface area contributed by atoms with Gasteiger partial charge in [-0.1, -0.05) is 31.0 Å². The van der Waals surface area contributed by atoms with Crippen LogP contribution in [0.5, 0.6) is 0 Å². The number of benzene rings is 1. The standard InChI is InChI=1S/C18H21FN2/c1-13-12-15(7-8-16(13)19)18(20,10-9-14-5-6-14)17-4-2-3-11-21-17/h2-4,7-8,11-12,14H,5-6,9-10,20H2,1H3. The Bertz CT molecular complexity index is 622. The number of nitrogens with zero attached hydrogens (tertiary/aromatic N) is 1. The lowest BCUT2D eigenvalue weighted by Crippen LogP contribution is -2.39. The monoisotopic (exact) mass is 284 g/mol. The van der Waals surface area contributed by atoms with Gasteiger partial charge in [0.2, 0.25) is 0 Å². The summed E-state index contributed by atoms with van der Waals surface area (Å²) in [4.78, 5) is 4.46. The molecule has 0 radical (unpaired) electrons. The van der Waals surface area contributed by atoms with Crippen LogP contribution in [0.2, 0.25) is 0 Å². The molecule has 1 aliphatic carbocycles. The third-order valence-corrected chi connectivity index (χ3v) is 4.44. The summed E-state index contributed by atoms with van der Waals surface area (Å²) in [7, 11) is 0. The van der Waals surface area contributed by atoms with Gasteiger partial charge in [-0.25, -0.2) is 4.39 Å². The Balaban J connectivity index is 1.99. The molecule has 1 aromatic carbocycles. The van der Waals surface area contributed by atoms with Crippen molar-refractivity contribution in [3.8, 4) is 0 Å². The van der Waals surface area contributed by atoms with Crippen molar-refractivity contribution in [2.24, 2.45) is 11.7 Å². The van der Waals surface area contributed by atoms with Crippen LogP contribution in [0.3, 0.4) is 0 Å². The van der Waals surface area contributed by atoms with Gasteiger partial charge in [-0.2, -0.15) is 0 Å². The lowest BCUT2D eigenvalue weighted by Gasteiger charge is -2.30. The zero-order chi connectivity index (χ0) is 14.9. The zero-order valence-electron chi connectivity index (χ0n) is 12.3. The SMILES string of the molecule is Cc1cc(C(N)(CCC2CC2)c2ccccn2)ccc1F. The Morgan fingerprint density at radius 2 is 2.10 bits per heavy atom. The summed E-state index contributed by atoms with van der Waals surface area (Å²) in [6.45, 7) is 1.78. The van der Waals surface area contributed by atoms with Crippen molar-refractivity contribution in [3.05, 3.63) is 65.2 Å². The number of hydrogen-bond acceptors (Lipinski definition) is 2. The average molecular weight is 284 g/mol. The number of rotatable bonds is 5. The van der Waals surface area contributed by atoms with Crippen LogP contribution in [-0.2, 0) is 5.54 Å². The lowest BCUT2D eigenvalue weighted by atomic mass is 9.81. The zero-order valence-corrected chi connectivity index (χ0v) is 12.3. The van der Waals surface area contributed by atoms with Gasteiger partial charge in [0.1, 0.15) is 5.82 Å². The van der Waals surface area contributed by atoms with Crippen LogP contribution in [0.15, 0.2) is 42.6 Å². The normalized spacial score (nSPS) is 17.5. The van der Waals surface area contributed by atoms with E-state index < -0.39 is 5.54 Å². The molecule has 0 spiro atoms. The van der Waals surface area contributed by atoms with E-state index in [9.17, 15) is 4.39 Å². The van der Waals surface area contributed by atoms with Gasteiger partial charge in [0.25, 0.3) is 0 Å². The number of pyridine rings is 1. The van der Waals surface area contributed by atoms with Crippen LogP contribution in [0.1, 0.15) is 42.5 Å². The van der Waals surface area contributed by atoms with Gasteiger partial charge in [-0.15, -0.1) is 0 Å². The average Bonchev–Trinajstić information content (AvgIpc) is 3.33. The molecule has 0 saturated heterocycles. The molecule has 21 heavy (non-hydrogen) atoms. The summed E-state index contributed by atoms with van der Waals surface area (Å²) in [5.41, 5.74) is 8.55. The van der Waals surface area contributed by atoms with Crippen molar-refractivity contribution in [1.82, 2.24) is 4.98 Å². The van der Waals surface area contributed by atoms with E-state index in [0.717, 1.165) is 30.0 Å². The molecule has 1 heterocycles. The van der Waals surface area contributed by atoms with Crippen LogP contribution < -0.4 is 5.73 Å². The Labute approximate surface area is 125 Å². The first-order chi connectivity index (χ1) is 10.1. The Morgan fingerprint density at radius 1 is 1.29 bits per heavy atom. The van der Waals surface area contributed by atoms with E-state index in [2.05, 4.69) is 4.98 Å². The second-order valence-corrected chi connectivity index (χ2v) is 6.13. The molecule has 1 fully saturated rings. The van der Waals surface area contributed by atoms with E-state index >= 15 is 0 Å². The van der Waals surface area contributed by atoms with E-state index in [1.54, 1.807) is 19.2 Å². The van der Waals surface area contributed by atoms with Crippen molar-refractivity contribution in [2.45, 2.75) is 38.1 Å². The molecule has 3 heteroatoms. The van der Waals surface area contributed by atoms with Crippen molar-refractivity contribution in [1.29, 1.82) is 0 Å². The summed E-state index contributed by atoms with van der Waals surface area (Å²) in [5, 5.41) is 0. The lowest BCUT2D eigenvalue weighted by molar-refractivity contribution is 0.443. The fourth-order valence-corrected chi connectivity index (χ4v) is 2.81. The molecule has 0 amide bonds. The fraction of sp³-hybridized carbons (Fsp3) is 0.389. The van der Waals surface area contributed by atoms with E-state index in [1.165, 1.54) is 18.9 Å². The summed E-state index contributed by atoms with van der Waals surface area (Å²) in [6.07, 6.45) is 6.33. The topological polar surface area (TPSA) is 38.9 Å². The minimum atomic E-state index is -0.637. The predicted molar refractivity (Wildman–Crippen MR) is 82.3 cm³/mol. The van der Waals surface area contributed by atoms with Gasteiger partial charge < -0.3 is 5.73 Å². The maximum Gasteiger partial charge on any atom is 0.126 e. The third kappa shape index (κ3) is 2.98.